The molecule has 0 atom stereocenters. The minimum absolute atomic E-state index is 0.550. The molecule has 0 spiro atoms. The first-order valence-corrected chi connectivity index (χ1v) is 7.52. The van der Waals surface area contributed by atoms with Crippen LogP contribution in [0.2, 0.25) is 0 Å². The Morgan fingerprint density at radius 3 is 2.70 bits per heavy atom. The summed E-state index contributed by atoms with van der Waals surface area (Å²) in [5, 5.41) is 11.5. The average Bonchev–Trinajstić information content (AvgIpc) is 3.05. The number of aromatic nitrogens is 2. The first-order chi connectivity index (χ1) is 11.3. The van der Waals surface area contributed by atoms with Crippen molar-refractivity contribution >= 4 is 5.69 Å². The Labute approximate surface area is 135 Å². The molecule has 118 valence electrons. The van der Waals surface area contributed by atoms with Crippen LogP contribution in [0.4, 0.5) is 5.69 Å². The van der Waals surface area contributed by atoms with Crippen LogP contribution in [0.1, 0.15) is 11.5 Å². The Balaban J connectivity index is 1.62. The van der Waals surface area contributed by atoms with Gasteiger partial charge in [-0.25, -0.2) is 0 Å². The number of aryl methyl sites for hydroxylation is 1. The summed E-state index contributed by atoms with van der Waals surface area (Å²) in [5.74, 6) is 1.99. The maximum atomic E-state index is 5.69. The van der Waals surface area contributed by atoms with Gasteiger partial charge in [0.2, 0.25) is 11.8 Å². The summed E-state index contributed by atoms with van der Waals surface area (Å²) in [5.41, 5.74) is 3.08. The molecule has 3 rings (SSSR count). The predicted molar refractivity (Wildman–Crippen MR) is 89.7 cm³/mol. The Morgan fingerprint density at radius 1 is 1.09 bits per heavy atom. The van der Waals surface area contributed by atoms with Crippen molar-refractivity contribution in [1.82, 2.24) is 10.2 Å². The van der Waals surface area contributed by atoms with Gasteiger partial charge >= 0.3 is 0 Å². The van der Waals surface area contributed by atoms with Crippen LogP contribution in [-0.4, -0.2) is 23.9 Å². The van der Waals surface area contributed by atoms with Crippen LogP contribution >= 0.6 is 0 Å². The van der Waals surface area contributed by atoms with Crippen LogP contribution in [0.25, 0.3) is 11.5 Å². The van der Waals surface area contributed by atoms with Crippen LogP contribution in [0.5, 0.6) is 5.75 Å². The Bertz CT molecular complexity index is 769. The maximum absolute atomic E-state index is 5.69. The molecule has 0 unspecified atom stereocenters. The zero-order valence-corrected chi connectivity index (χ0v) is 13.2. The second-order valence-corrected chi connectivity index (χ2v) is 5.25. The molecule has 0 aliphatic heterocycles. The molecule has 1 N–H and O–H groups in total. The van der Waals surface area contributed by atoms with Crippen molar-refractivity contribution in [3.8, 4) is 17.2 Å². The van der Waals surface area contributed by atoms with Crippen molar-refractivity contribution in [2.45, 2.75) is 13.3 Å². The number of hydrogen-bond acceptors (Lipinski definition) is 5. The highest BCUT2D eigenvalue weighted by molar-refractivity contribution is 5.58. The lowest BCUT2D eigenvalue weighted by atomic mass is 10.2. The lowest BCUT2D eigenvalue weighted by molar-refractivity contribution is 0.416. The quantitative estimate of drug-likeness (QED) is 0.752. The van der Waals surface area contributed by atoms with Gasteiger partial charge in [-0.1, -0.05) is 24.3 Å². The van der Waals surface area contributed by atoms with Gasteiger partial charge in [0.05, 0.1) is 12.8 Å². The minimum Gasteiger partial charge on any atom is -0.495 e. The van der Waals surface area contributed by atoms with Gasteiger partial charge in [-0.05, 0) is 36.8 Å². The fraction of sp³-hybridized carbons (Fsp3) is 0.222. The molecule has 1 aromatic heterocycles. The first kappa shape index (κ1) is 15.1. The van der Waals surface area contributed by atoms with Crippen molar-refractivity contribution in [2.75, 3.05) is 19.0 Å². The summed E-state index contributed by atoms with van der Waals surface area (Å²) >= 11 is 0. The van der Waals surface area contributed by atoms with Crippen molar-refractivity contribution in [1.29, 1.82) is 0 Å². The summed E-state index contributed by atoms with van der Waals surface area (Å²) in [7, 11) is 1.67. The number of methoxy groups -OCH3 is 1. The highest BCUT2D eigenvalue weighted by Gasteiger charge is 2.08. The summed E-state index contributed by atoms with van der Waals surface area (Å²) < 4.78 is 11.0. The summed E-state index contributed by atoms with van der Waals surface area (Å²) in [6, 6.07) is 15.8. The van der Waals surface area contributed by atoms with Gasteiger partial charge < -0.3 is 14.5 Å². The molecule has 0 saturated carbocycles. The van der Waals surface area contributed by atoms with Crippen LogP contribution < -0.4 is 10.1 Å². The third-order valence-corrected chi connectivity index (χ3v) is 3.50. The Hall–Kier alpha value is -2.82. The van der Waals surface area contributed by atoms with Crippen LogP contribution in [0.15, 0.2) is 52.9 Å². The van der Waals surface area contributed by atoms with E-state index in [1.807, 2.05) is 42.5 Å². The lowest BCUT2D eigenvalue weighted by Crippen LogP contribution is -2.06. The Kier molecular flexibility index (Phi) is 4.57. The summed E-state index contributed by atoms with van der Waals surface area (Å²) in [6.45, 7) is 2.74. The average molecular weight is 309 g/mol. The molecule has 2 aromatic carbocycles. The normalized spacial score (nSPS) is 10.5. The third kappa shape index (κ3) is 3.69. The molecular weight excluding hydrogens is 290 g/mol. The molecule has 23 heavy (non-hydrogen) atoms. The predicted octanol–water partition coefficient (Wildman–Crippen LogP) is 3.71. The fourth-order valence-electron chi connectivity index (χ4n) is 2.32. The van der Waals surface area contributed by atoms with Gasteiger partial charge in [-0.3, -0.25) is 0 Å². The third-order valence-electron chi connectivity index (χ3n) is 3.50. The van der Waals surface area contributed by atoms with Crippen molar-refractivity contribution < 1.29 is 9.15 Å². The van der Waals surface area contributed by atoms with Crippen LogP contribution in [0.3, 0.4) is 0 Å². The summed E-state index contributed by atoms with van der Waals surface area (Å²) in [6.07, 6.45) is 0.650. The number of anilines is 1. The van der Waals surface area contributed by atoms with Crippen LogP contribution in [-0.2, 0) is 6.42 Å². The zero-order chi connectivity index (χ0) is 16.1. The molecule has 5 heteroatoms. The van der Waals surface area contributed by atoms with Crippen molar-refractivity contribution in [3.05, 3.63) is 60.0 Å². The molecule has 0 bridgehead atoms. The number of hydrogen-bond donors (Lipinski definition) is 1. The van der Waals surface area contributed by atoms with Gasteiger partial charge in [0.25, 0.3) is 0 Å². The standard InChI is InChI=1S/C18H19N3O2/c1-13-8-9-16(22-2)15(12-13)19-11-10-17-20-21-18(23-17)14-6-4-3-5-7-14/h3-9,12,19H,10-11H2,1-2H3. The van der Waals surface area contributed by atoms with Crippen molar-refractivity contribution in [2.24, 2.45) is 0 Å². The number of nitrogens with one attached hydrogen (secondary N) is 1. The molecule has 5 nitrogen and oxygen atoms in total. The molecule has 0 aliphatic rings. The lowest BCUT2D eigenvalue weighted by Gasteiger charge is -2.11. The molecule has 1 heterocycles. The second kappa shape index (κ2) is 6.96. The van der Waals surface area contributed by atoms with E-state index in [0.29, 0.717) is 24.7 Å². The van der Waals surface area contributed by atoms with E-state index >= 15 is 0 Å². The highest BCUT2D eigenvalue weighted by Crippen LogP contribution is 2.25. The van der Waals surface area contributed by atoms with E-state index in [2.05, 4.69) is 28.5 Å². The van der Waals surface area contributed by atoms with E-state index < -0.39 is 0 Å². The number of benzene rings is 2. The van der Waals surface area contributed by atoms with Gasteiger partial charge in [-0.2, -0.15) is 0 Å². The largest absolute Gasteiger partial charge is 0.495 e. The van der Waals surface area contributed by atoms with Gasteiger partial charge in [0.15, 0.2) is 0 Å². The van der Waals surface area contributed by atoms with E-state index in [-0.39, 0.29) is 0 Å². The van der Waals surface area contributed by atoms with Gasteiger partial charge in [0.1, 0.15) is 5.75 Å². The molecular formula is C18H19N3O2. The van der Waals surface area contributed by atoms with E-state index in [1.54, 1.807) is 7.11 Å². The van der Waals surface area contributed by atoms with E-state index in [1.165, 1.54) is 5.56 Å². The van der Waals surface area contributed by atoms with E-state index in [4.69, 9.17) is 9.15 Å². The molecule has 0 fully saturated rings. The molecule has 0 amide bonds. The van der Waals surface area contributed by atoms with E-state index in [9.17, 15) is 0 Å². The second-order valence-electron chi connectivity index (χ2n) is 5.25. The van der Waals surface area contributed by atoms with Gasteiger partial charge in [-0.15, -0.1) is 10.2 Å². The van der Waals surface area contributed by atoms with Crippen molar-refractivity contribution in [3.63, 3.8) is 0 Å². The smallest absolute Gasteiger partial charge is 0.247 e. The Morgan fingerprint density at radius 2 is 1.91 bits per heavy atom. The SMILES string of the molecule is COc1ccc(C)cc1NCCc1nnc(-c2ccccc2)o1. The fourth-order valence-corrected chi connectivity index (χ4v) is 2.32. The zero-order valence-electron chi connectivity index (χ0n) is 13.2. The number of ether oxygens (including phenoxy) is 1. The highest BCUT2D eigenvalue weighted by atomic mass is 16.5. The number of nitrogens with zero attached hydrogens (tertiary/aromatic N) is 2. The topological polar surface area (TPSA) is 60.2 Å². The monoisotopic (exact) mass is 309 g/mol. The minimum atomic E-state index is 0.550. The molecule has 0 aliphatic carbocycles. The molecule has 0 saturated heterocycles. The summed E-state index contributed by atoms with van der Waals surface area (Å²) in [4.78, 5) is 0. The van der Waals surface area contributed by atoms with Gasteiger partial charge in [0, 0.05) is 18.5 Å². The molecule has 0 radical (unpaired) electrons. The van der Waals surface area contributed by atoms with Crippen LogP contribution in [0, 0.1) is 6.92 Å². The number of rotatable bonds is 6. The molecule has 3 aromatic rings. The van der Waals surface area contributed by atoms with E-state index in [0.717, 1.165) is 17.0 Å². The first-order valence-electron chi connectivity index (χ1n) is 7.52. The maximum Gasteiger partial charge on any atom is 0.247 e.